The molecule has 1 amide bonds. The molecule has 25 heavy (non-hydrogen) atoms. The Kier molecular flexibility index (Phi) is 3.77. The van der Waals surface area contributed by atoms with Gasteiger partial charge in [-0.05, 0) is 49.2 Å². The lowest BCUT2D eigenvalue weighted by molar-refractivity contribution is 0.102. The quantitative estimate of drug-likeness (QED) is 0.598. The van der Waals surface area contributed by atoms with Crippen LogP contribution >= 0.6 is 11.3 Å². The van der Waals surface area contributed by atoms with Crippen molar-refractivity contribution in [1.82, 2.24) is 15.2 Å². The average molecular weight is 350 g/mol. The van der Waals surface area contributed by atoms with Gasteiger partial charge in [-0.25, -0.2) is 4.98 Å². The van der Waals surface area contributed by atoms with Crippen LogP contribution in [0.25, 0.3) is 21.7 Å². The van der Waals surface area contributed by atoms with Crippen LogP contribution in [0.1, 0.15) is 20.9 Å². The van der Waals surface area contributed by atoms with Crippen molar-refractivity contribution in [3.63, 3.8) is 0 Å². The van der Waals surface area contributed by atoms with E-state index >= 15 is 0 Å². The van der Waals surface area contributed by atoms with Crippen LogP contribution in [0.15, 0.2) is 46.9 Å². The Balaban J connectivity index is 1.56. The van der Waals surface area contributed by atoms with Crippen LogP contribution in [0.3, 0.4) is 0 Å². The molecule has 0 aliphatic carbocycles. The molecule has 0 saturated carbocycles. The number of rotatable bonds is 3. The minimum absolute atomic E-state index is 0.0532. The summed E-state index contributed by atoms with van der Waals surface area (Å²) in [5, 5.41) is 10.8. The van der Waals surface area contributed by atoms with Gasteiger partial charge in [0.05, 0.1) is 10.2 Å². The van der Waals surface area contributed by atoms with Crippen LogP contribution < -0.4 is 5.32 Å². The predicted molar refractivity (Wildman–Crippen MR) is 96.8 cm³/mol. The zero-order valence-corrected chi connectivity index (χ0v) is 14.4. The predicted octanol–water partition coefficient (Wildman–Crippen LogP) is 4.22. The van der Waals surface area contributed by atoms with Crippen LogP contribution in [-0.4, -0.2) is 21.1 Å². The molecule has 124 valence electrons. The van der Waals surface area contributed by atoms with Crippen molar-refractivity contribution >= 4 is 33.5 Å². The maximum Gasteiger partial charge on any atom is 0.322 e. The molecule has 0 spiro atoms. The molecular weight excluding hydrogens is 336 g/mol. The molecule has 4 aromatic rings. The third-order valence-corrected chi connectivity index (χ3v) is 4.92. The number of aromatic nitrogens is 3. The summed E-state index contributed by atoms with van der Waals surface area (Å²) in [5.74, 6) is -0.000753. The number of thiazole rings is 1. The normalized spacial score (nSPS) is 11.0. The first-order chi connectivity index (χ1) is 12.1. The van der Waals surface area contributed by atoms with Crippen molar-refractivity contribution < 1.29 is 9.21 Å². The third kappa shape index (κ3) is 3.01. The Bertz CT molecular complexity index is 1050. The summed E-state index contributed by atoms with van der Waals surface area (Å²) in [6.07, 6.45) is 0. The lowest BCUT2D eigenvalue weighted by atomic mass is 10.1. The number of para-hydroxylation sites is 1. The first kappa shape index (κ1) is 15.5. The van der Waals surface area contributed by atoms with E-state index in [1.807, 2.05) is 56.3 Å². The molecule has 1 N–H and O–H groups in total. The maximum atomic E-state index is 12.3. The Labute approximate surface area is 147 Å². The second-order valence-corrected chi connectivity index (χ2v) is 6.68. The second-order valence-electron chi connectivity index (χ2n) is 5.65. The van der Waals surface area contributed by atoms with Crippen LogP contribution in [-0.2, 0) is 0 Å². The van der Waals surface area contributed by atoms with Gasteiger partial charge >= 0.3 is 6.01 Å². The van der Waals surface area contributed by atoms with Crippen molar-refractivity contribution in [3.05, 3.63) is 58.6 Å². The molecule has 0 radical (unpaired) electrons. The molecule has 6 nitrogen and oxygen atoms in total. The van der Waals surface area contributed by atoms with E-state index in [1.54, 1.807) is 0 Å². The highest BCUT2D eigenvalue weighted by molar-refractivity contribution is 7.20. The van der Waals surface area contributed by atoms with Crippen molar-refractivity contribution in [2.45, 2.75) is 13.8 Å². The van der Waals surface area contributed by atoms with Crippen LogP contribution in [0, 0.1) is 13.8 Å². The number of amides is 1. The zero-order valence-electron chi connectivity index (χ0n) is 13.6. The molecule has 0 aliphatic heterocycles. The van der Waals surface area contributed by atoms with Crippen LogP contribution in [0.4, 0.5) is 6.01 Å². The topological polar surface area (TPSA) is 80.9 Å². The van der Waals surface area contributed by atoms with Gasteiger partial charge < -0.3 is 4.42 Å². The molecule has 0 aliphatic rings. The number of carbonyl (C=O) groups excluding carboxylic acids is 1. The molecule has 2 aromatic heterocycles. The standard InChI is InChI=1S/C18H14N4O2S/c1-10-7-8-12(9-11(10)2)16-21-22-18(24-16)20-15(23)17-19-13-5-3-4-6-14(13)25-17/h3-9H,1-2H3,(H,20,22,23). The zero-order chi connectivity index (χ0) is 17.4. The fourth-order valence-corrected chi connectivity index (χ4v) is 3.25. The number of hydrogen-bond acceptors (Lipinski definition) is 6. The summed E-state index contributed by atoms with van der Waals surface area (Å²) in [5.41, 5.74) is 3.93. The summed E-state index contributed by atoms with van der Waals surface area (Å²) in [6.45, 7) is 4.06. The van der Waals surface area contributed by atoms with Gasteiger partial charge in [-0.1, -0.05) is 23.3 Å². The number of fused-ring (bicyclic) bond motifs is 1. The van der Waals surface area contributed by atoms with Gasteiger partial charge in [-0.3, -0.25) is 10.1 Å². The van der Waals surface area contributed by atoms with E-state index in [4.69, 9.17) is 4.42 Å². The van der Waals surface area contributed by atoms with Crippen LogP contribution in [0.5, 0.6) is 0 Å². The number of nitrogens with zero attached hydrogens (tertiary/aromatic N) is 3. The number of carbonyl (C=O) groups is 1. The lowest BCUT2D eigenvalue weighted by Gasteiger charge is -2.01. The van der Waals surface area contributed by atoms with Crippen molar-refractivity contribution in [2.24, 2.45) is 0 Å². The lowest BCUT2D eigenvalue weighted by Crippen LogP contribution is -2.11. The van der Waals surface area contributed by atoms with Gasteiger partial charge in [0, 0.05) is 5.56 Å². The second kappa shape index (κ2) is 6.10. The summed E-state index contributed by atoms with van der Waals surface area (Å²) >= 11 is 1.32. The minimum Gasteiger partial charge on any atom is -0.403 e. The molecule has 0 saturated heterocycles. The SMILES string of the molecule is Cc1ccc(-c2nnc(NC(=O)c3nc4ccccc4s3)o2)cc1C. The molecule has 7 heteroatoms. The van der Waals surface area contributed by atoms with Gasteiger partial charge in [0.25, 0.3) is 5.91 Å². The summed E-state index contributed by atoms with van der Waals surface area (Å²) in [6, 6.07) is 13.5. The highest BCUT2D eigenvalue weighted by Crippen LogP contribution is 2.24. The molecule has 0 atom stereocenters. The fourth-order valence-electron chi connectivity index (χ4n) is 2.38. The van der Waals surface area contributed by atoms with Gasteiger partial charge in [-0.2, -0.15) is 0 Å². The molecular formula is C18H14N4O2S. The first-order valence-corrected chi connectivity index (χ1v) is 8.50. The summed E-state index contributed by atoms with van der Waals surface area (Å²) in [4.78, 5) is 16.6. The molecule has 0 fully saturated rings. The highest BCUT2D eigenvalue weighted by atomic mass is 32.1. The molecule has 4 rings (SSSR count). The van der Waals surface area contributed by atoms with E-state index in [2.05, 4.69) is 20.5 Å². The van der Waals surface area contributed by atoms with E-state index in [-0.39, 0.29) is 11.9 Å². The van der Waals surface area contributed by atoms with Gasteiger partial charge in [0.1, 0.15) is 0 Å². The number of nitrogens with one attached hydrogen (secondary N) is 1. The van der Waals surface area contributed by atoms with Crippen molar-refractivity contribution in [1.29, 1.82) is 0 Å². The van der Waals surface area contributed by atoms with E-state index in [9.17, 15) is 4.79 Å². The number of aryl methyl sites for hydroxylation is 2. The monoisotopic (exact) mass is 350 g/mol. The molecule has 2 heterocycles. The smallest absolute Gasteiger partial charge is 0.322 e. The Hall–Kier alpha value is -3.06. The highest BCUT2D eigenvalue weighted by Gasteiger charge is 2.16. The first-order valence-electron chi connectivity index (χ1n) is 7.68. The molecule has 0 unspecified atom stereocenters. The average Bonchev–Trinajstić information content (AvgIpc) is 3.24. The third-order valence-electron chi connectivity index (χ3n) is 3.89. The van der Waals surface area contributed by atoms with Gasteiger partial charge in [-0.15, -0.1) is 16.4 Å². The van der Waals surface area contributed by atoms with E-state index in [0.717, 1.165) is 21.3 Å². The van der Waals surface area contributed by atoms with Crippen molar-refractivity contribution in [3.8, 4) is 11.5 Å². The number of hydrogen-bond donors (Lipinski definition) is 1. The summed E-state index contributed by atoms with van der Waals surface area (Å²) in [7, 11) is 0. The van der Waals surface area contributed by atoms with E-state index in [1.165, 1.54) is 16.9 Å². The molecule has 2 aromatic carbocycles. The fraction of sp³-hybridized carbons (Fsp3) is 0.111. The van der Waals surface area contributed by atoms with Gasteiger partial charge in [0.15, 0.2) is 5.01 Å². The number of benzene rings is 2. The number of anilines is 1. The maximum absolute atomic E-state index is 12.3. The van der Waals surface area contributed by atoms with Crippen molar-refractivity contribution in [2.75, 3.05) is 5.32 Å². The van der Waals surface area contributed by atoms with Crippen LogP contribution in [0.2, 0.25) is 0 Å². The largest absolute Gasteiger partial charge is 0.403 e. The minimum atomic E-state index is -0.364. The Morgan fingerprint density at radius 3 is 2.72 bits per heavy atom. The van der Waals surface area contributed by atoms with E-state index in [0.29, 0.717) is 10.9 Å². The van der Waals surface area contributed by atoms with E-state index < -0.39 is 0 Å². The Morgan fingerprint density at radius 2 is 1.92 bits per heavy atom. The molecule has 0 bridgehead atoms. The summed E-state index contributed by atoms with van der Waals surface area (Å²) < 4.78 is 6.51. The van der Waals surface area contributed by atoms with Gasteiger partial charge in [0.2, 0.25) is 5.89 Å². The Morgan fingerprint density at radius 1 is 1.08 bits per heavy atom.